The summed E-state index contributed by atoms with van der Waals surface area (Å²) in [5, 5.41) is 2.92. The van der Waals surface area contributed by atoms with Crippen molar-refractivity contribution in [1.82, 2.24) is 10.2 Å². The second kappa shape index (κ2) is 6.36. The van der Waals surface area contributed by atoms with E-state index in [0.717, 1.165) is 18.4 Å². The molecule has 0 unspecified atom stereocenters. The Labute approximate surface area is 141 Å². The first-order valence-electron chi connectivity index (χ1n) is 8.35. The van der Waals surface area contributed by atoms with Crippen molar-refractivity contribution in [2.24, 2.45) is 0 Å². The smallest absolute Gasteiger partial charge is 0.300 e. The van der Waals surface area contributed by atoms with Crippen LogP contribution < -0.4 is 10.2 Å². The molecule has 2 aliphatic rings. The molecule has 0 aromatic heterocycles. The molecule has 1 aliphatic heterocycles. The number of carbonyl (C=O) groups is 3. The van der Waals surface area contributed by atoms with E-state index >= 15 is 0 Å². The predicted molar refractivity (Wildman–Crippen MR) is 91.0 cm³/mol. The molecule has 1 fully saturated rings. The zero-order chi connectivity index (χ0) is 17.4. The van der Waals surface area contributed by atoms with Crippen molar-refractivity contribution in [3.63, 3.8) is 0 Å². The van der Waals surface area contributed by atoms with Crippen LogP contribution in [0.15, 0.2) is 18.2 Å². The molecule has 0 atom stereocenters. The van der Waals surface area contributed by atoms with Gasteiger partial charge >= 0.3 is 5.91 Å². The summed E-state index contributed by atoms with van der Waals surface area (Å²) in [4.78, 5) is 39.6. The average Bonchev–Trinajstić information content (AvgIpc) is 3.30. The minimum atomic E-state index is -0.527. The van der Waals surface area contributed by atoms with Gasteiger partial charge in [0.25, 0.3) is 5.78 Å². The SMILES string of the molecule is CC(C)c1ccc2c(c1)C(=O)C(=O)N2CN(C)CC(=O)NC1CC1. The van der Waals surface area contributed by atoms with Crippen LogP contribution in [0.2, 0.25) is 0 Å². The number of likely N-dealkylation sites (N-methyl/N-ethyl adjacent to an activating group) is 1. The van der Waals surface area contributed by atoms with E-state index < -0.39 is 11.7 Å². The van der Waals surface area contributed by atoms with Crippen molar-refractivity contribution in [3.05, 3.63) is 29.3 Å². The lowest BCUT2D eigenvalue weighted by molar-refractivity contribution is -0.122. The zero-order valence-electron chi connectivity index (χ0n) is 14.3. The maximum Gasteiger partial charge on any atom is 0.300 e. The molecule has 1 heterocycles. The van der Waals surface area contributed by atoms with Gasteiger partial charge in [-0.1, -0.05) is 19.9 Å². The monoisotopic (exact) mass is 329 g/mol. The van der Waals surface area contributed by atoms with E-state index in [1.54, 1.807) is 18.0 Å². The van der Waals surface area contributed by atoms with Crippen molar-refractivity contribution >= 4 is 23.3 Å². The lowest BCUT2D eigenvalue weighted by atomic mass is 9.99. The predicted octanol–water partition coefficient (Wildman–Crippen LogP) is 1.51. The number of nitrogens with one attached hydrogen (secondary N) is 1. The van der Waals surface area contributed by atoms with Gasteiger partial charge < -0.3 is 5.32 Å². The summed E-state index contributed by atoms with van der Waals surface area (Å²) in [6, 6.07) is 5.89. The van der Waals surface area contributed by atoms with Crippen LogP contribution in [0.4, 0.5) is 5.69 Å². The van der Waals surface area contributed by atoms with Crippen LogP contribution in [0.25, 0.3) is 0 Å². The van der Waals surface area contributed by atoms with Crippen LogP contribution in [-0.2, 0) is 9.59 Å². The standard InChI is InChI=1S/C18H23N3O3/c1-11(2)12-4-7-15-14(8-12)17(23)18(24)21(15)10-20(3)9-16(22)19-13-5-6-13/h4,7-8,11,13H,5-6,9-10H2,1-3H3,(H,19,22). The number of fused-ring (bicyclic) bond motifs is 1. The first-order chi connectivity index (χ1) is 11.4. The van der Waals surface area contributed by atoms with Gasteiger partial charge in [-0.2, -0.15) is 0 Å². The Balaban J connectivity index is 1.71. The number of nitrogens with zero attached hydrogens (tertiary/aromatic N) is 2. The van der Waals surface area contributed by atoms with E-state index in [4.69, 9.17) is 0 Å². The molecule has 2 amide bonds. The van der Waals surface area contributed by atoms with Gasteiger partial charge in [0.05, 0.1) is 24.5 Å². The molecule has 128 valence electrons. The number of hydrogen-bond acceptors (Lipinski definition) is 4. The molecule has 6 heteroatoms. The van der Waals surface area contributed by atoms with Gasteiger partial charge in [-0.25, -0.2) is 0 Å². The van der Waals surface area contributed by atoms with E-state index in [2.05, 4.69) is 5.32 Å². The Morgan fingerprint density at radius 3 is 2.67 bits per heavy atom. The molecule has 1 aromatic rings. The number of benzene rings is 1. The molecule has 6 nitrogen and oxygen atoms in total. The summed E-state index contributed by atoms with van der Waals surface area (Å²) in [6.45, 7) is 4.52. The van der Waals surface area contributed by atoms with Gasteiger partial charge in [-0.15, -0.1) is 0 Å². The summed E-state index contributed by atoms with van der Waals surface area (Å²) >= 11 is 0. The first-order valence-corrected chi connectivity index (χ1v) is 8.35. The normalized spacial score (nSPS) is 17.0. The molecule has 1 saturated carbocycles. The summed E-state index contributed by atoms with van der Waals surface area (Å²) in [7, 11) is 1.77. The fourth-order valence-electron chi connectivity index (χ4n) is 2.86. The van der Waals surface area contributed by atoms with Crippen LogP contribution in [0.1, 0.15) is 48.5 Å². The van der Waals surface area contributed by atoms with Crippen LogP contribution in [0.5, 0.6) is 0 Å². The molecular formula is C18H23N3O3. The van der Waals surface area contributed by atoms with E-state index in [9.17, 15) is 14.4 Å². The number of anilines is 1. The third kappa shape index (κ3) is 3.33. The Kier molecular flexibility index (Phi) is 4.41. The highest BCUT2D eigenvalue weighted by Gasteiger charge is 2.36. The van der Waals surface area contributed by atoms with E-state index in [0.29, 0.717) is 23.2 Å². The largest absolute Gasteiger partial charge is 0.352 e. The third-order valence-electron chi connectivity index (χ3n) is 4.40. The van der Waals surface area contributed by atoms with Crippen molar-refractivity contribution in [1.29, 1.82) is 0 Å². The highest BCUT2D eigenvalue weighted by molar-refractivity contribution is 6.52. The lowest BCUT2D eigenvalue weighted by Gasteiger charge is -2.24. The summed E-state index contributed by atoms with van der Waals surface area (Å²) in [6.07, 6.45) is 2.08. The summed E-state index contributed by atoms with van der Waals surface area (Å²) in [5.41, 5.74) is 2.12. The fourth-order valence-corrected chi connectivity index (χ4v) is 2.86. The number of hydrogen-bond donors (Lipinski definition) is 1. The molecule has 0 saturated heterocycles. The quantitative estimate of drug-likeness (QED) is 0.803. The lowest BCUT2D eigenvalue weighted by Crippen LogP contribution is -2.43. The van der Waals surface area contributed by atoms with Crippen molar-refractivity contribution < 1.29 is 14.4 Å². The number of amides is 2. The van der Waals surface area contributed by atoms with E-state index in [1.165, 1.54) is 4.90 Å². The van der Waals surface area contributed by atoms with Crippen LogP contribution in [0, 0.1) is 0 Å². The molecule has 0 bridgehead atoms. The van der Waals surface area contributed by atoms with Crippen LogP contribution in [0.3, 0.4) is 0 Å². The maximum atomic E-state index is 12.3. The van der Waals surface area contributed by atoms with Crippen LogP contribution in [-0.4, -0.2) is 48.8 Å². The number of Topliss-reactive ketones (excluding diaryl/α,β-unsaturated/α-hetero) is 1. The highest BCUT2D eigenvalue weighted by atomic mass is 16.2. The van der Waals surface area contributed by atoms with Crippen molar-refractivity contribution in [2.75, 3.05) is 25.2 Å². The van der Waals surface area contributed by atoms with Gasteiger partial charge in [0.15, 0.2) is 0 Å². The molecule has 0 spiro atoms. The van der Waals surface area contributed by atoms with Gasteiger partial charge in [0.1, 0.15) is 0 Å². The Morgan fingerprint density at radius 1 is 1.33 bits per heavy atom. The molecule has 0 radical (unpaired) electrons. The van der Waals surface area contributed by atoms with E-state index in [1.807, 2.05) is 26.0 Å². The molecule has 3 rings (SSSR count). The minimum absolute atomic E-state index is 0.0478. The number of carbonyl (C=O) groups excluding carboxylic acids is 3. The van der Waals surface area contributed by atoms with Crippen LogP contribution >= 0.6 is 0 Å². The van der Waals surface area contributed by atoms with Crippen molar-refractivity contribution in [3.8, 4) is 0 Å². The van der Waals surface area contributed by atoms with Crippen molar-refractivity contribution in [2.45, 2.75) is 38.6 Å². The first kappa shape index (κ1) is 16.6. The molecular weight excluding hydrogens is 306 g/mol. The second-order valence-electron chi connectivity index (χ2n) is 6.99. The molecule has 1 N–H and O–H groups in total. The minimum Gasteiger partial charge on any atom is -0.352 e. The maximum absolute atomic E-state index is 12.3. The number of rotatable bonds is 6. The van der Waals surface area contributed by atoms with Gasteiger partial charge in [-0.3, -0.25) is 24.2 Å². The Hall–Kier alpha value is -2.21. The number of ketones is 1. The van der Waals surface area contributed by atoms with Gasteiger partial charge in [0.2, 0.25) is 5.91 Å². The second-order valence-corrected chi connectivity index (χ2v) is 6.99. The third-order valence-corrected chi connectivity index (χ3v) is 4.40. The van der Waals surface area contributed by atoms with Gasteiger partial charge in [0, 0.05) is 6.04 Å². The highest BCUT2D eigenvalue weighted by Crippen LogP contribution is 2.31. The fraction of sp³-hybridized carbons (Fsp3) is 0.500. The Morgan fingerprint density at radius 2 is 2.04 bits per heavy atom. The van der Waals surface area contributed by atoms with Gasteiger partial charge in [-0.05, 0) is 43.5 Å². The molecule has 24 heavy (non-hydrogen) atoms. The summed E-state index contributed by atoms with van der Waals surface area (Å²) in [5.74, 6) is -0.752. The zero-order valence-corrected chi connectivity index (χ0v) is 14.3. The average molecular weight is 329 g/mol. The summed E-state index contributed by atoms with van der Waals surface area (Å²) < 4.78 is 0. The van der Waals surface area contributed by atoms with E-state index in [-0.39, 0.29) is 19.1 Å². The molecule has 1 aliphatic carbocycles. The molecule has 1 aromatic carbocycles. The topological polar surface area (TPSA) is 69.7 Å². The Bertz CT molecular complexity index is 695.